The topological polar surface area (TPSA) is 91.3 Å². The molecule has 2 aromatic rings. The van der Waals surface area contributed by atoms with Gasteiger partial charge in [0, 0.05) is 5.56 Å². The van der Waals surface area contributed by atoms with Crippen LogP contribution >= 0.6 is 0 Å². The van der Waals surface area contributed by atoms with Crippen LogP contribution in [0.4, 0.5) is 5.69 Å². The van der Waals surface area contributed by atoms with E-state index in [2.05, 4.69) is 5.10 Å². The summed E-state index contributed by atoms with van der Waals surface area (Å²) < 4.78 is 10.6. The molecular formula is C20H17N2O5-. The molecule has 0 aromatic heterocycles. The lowest BCUT2D eigenvalue weighted by molar-refractivity contribution is -0.255. The summed E-state index contributed by atoms with van der Waals surface area (Å²) in [5, 5.41) is 16.5. The zero-order chi connectivity index (χ0) is 19.6. The van der Waals surface area contributed by atoms with Crippen LogP contribution in [-0.4, -0.2) is 31.8 Å². The van der Waals surface area contributed by atoms with Crippen LogP contribution in [0.15, 0.2) is 53.1 Å². The molecule has 0 fully saturated rings. The van der Waals surface area contributed by atoms with Gasteiger partial charge in [-0.05, 0) is 48.9 Å². The van der Waals surface area contributed by atoms with E-state index in [-0.39, 0.29) is 11.5 Å². The minimum absolute atomic E-state index is 0.0277. The summed E-state index contributed by atoms with van der Waals surface area (Å²) >= 11 is 0. The first-order valence-electron chi connectivity index (χ1n) is 8.09. The molecule has 0 radical (unpaired) electrons. The van der Waals surface area contributed by atoms with E-state index in [4.69, 9.17) is 9.47 Å². The van der Waals surface area contributed by atoms with E-state index >= 15 is 0 Å². The first kappa shape index (κ1) is 18.2. The SMILES string of the molecule is COc1ccc(OC)c(/C=C2\C(=O)N(c3cccc(C(=O)[O-])c3)N=C2C)c1. The van der Waals surface area contributed by atoms with E-state index in [1.165, 1.54) is 23.2 Å². The molecule has 2 aromatic carbocycles. The van der Waals surface area contributed by atoms with Crippen molar-refractivity contribution in [3.63, 3.8) is 0 Å². The second-order valence-electron chi connectivity index (χ2n) is 5.81. The van der Waals surface area contributed by atoms with E-state index < -0.39 is 5.97 Å². The molecule has 1 amide bonds. The lowest BCUT2D eigenvalue weighted by Crippen LogP contribution is -2.24. The maximum atomic E-state index is 12.9. The van der Waals surface area contributed by atoms with Gasteiger partial charge >= 0.3 is 0 Å². The highest BCUT2D eigenvalue weighted by atomic mass is 16.5. The lowest BCUT2D eigenvalue weighted by Gasteiger charge is -2.13. The summed E-state index contributed by atoms with van der Waals surface area (Å²) in [7, 11) is 3.09. The van der Waals surface area contributed by atoms with Crippen LogP contribution in [0.2, 0.25) is 0 Å². The molecule has 0 unspecified atom stereocenters. The van der Waals surface area contributed by atoms with Gasteiger partial charge in [0.05, 0.1) is 37.2 Å². The number of carbonyl (C=O) groups is 2. The maximum Gasteiger partial charge on any atom is 0.280 e. The average Bonchev–Trinajstić information content (AvgIpc) is 2.96. The van der Waals surface area contributed by atoms with Gasteiger partial charge in [-0.3, -0.25) is 4.79 Å². The van der Waals surface area contributed by atoms with Crippen molar-refractivity contribution in [3.8, 4) is 11.5 Å². The van der Waals surface area contributed by atoms with E-state index in [1.807, 2.05) is 0 Å². The fraction of sp³-hybridized carbons (Fsp3) is 0.150. The molecule has 1 aliphatic heterocycles. The summed E-state index contributed by atoms with van der Waals surface area (Å²) in [5.74, 6) is -0.476. The normalized spacial score (nSPS) is 15.1. The van der Waals surface area contributed by atoms with Crippen LogP contribution in [0.1, 0.15) is 22.8 Å². The van der Waals surface area contributed by atoms with Gasteiger partial charge in [-0.15, -0.1) is 0 Å². The Morgan fingerprint density at radius 1 is 1.15 bits per heavy atom. The van der Waals surface area contributed by atoms with Gasteiger partial charge in [-0.2, -0.15) is 10.1 Å². The predicted octanol–water partition coefficient (Wildman–Crippen LogP) is 1.87. The van der Waals surface area contributed by atoms with Gasteiger partial charge in [0.25, 0.3) is 5.91 Å². The van der Waals surface area contributed by atoms with Crippen LogP contribution in [0.3, 0.4) is 0 Å². The summed E-state index contributed by atoms with van der Waals surface area (Å²) in [5.41, 5.74) is 1.87. The Kier molecular flexibility index (Phi) is 4.94. The number of hydrazone groups is 1. The minimum atomic E-state index is -1.32. The van der Waals surface area contributed by atoms with Crippen molar-refractivity contribution in [2.24, 2.45) is 5.10 Å². The van der Waals surface area contributed by atoms with Gasteiger partial charge in [-0.1, -0.05) is 12.1 Å². The standard InChI is InChI=1S/C20H18N2O5/c1-12-17(11-14-10-16(26-2)7-8-18(14)27-3)19(23)22(21-12)15-6-4-5-13(9-15)20(24)25/h4-11H,1-3H3,(H,24,25)/p-1/b17-11-. The van der Waals surface area contributed by atoms with E-state index in [1.54, 1.807) is 51.5 Å². The first-order chi connectivity index (χ1) is 12.9. The van der Waals surface area contributed by atoms with Crippen molar-refractivity contribution in [1.82, 2.24) is 0 Å². The number of carboxylic acid groups (broad SMARTS) is 1. The highest BCUT2D eigenvalue weighted by molar-refractivity contribution is 6.32. The number of carbonyl (C=O) groups excluding carboxylic acids is 2. The number of benzene rings is 2. The number of hydrogen-bond acceptors (Lipinski definition) is 6. The van der Waals surface area contributed by atoms with E-state index in [9.17, 15) is 14.7 Å². The number of nitrogens with zero attached hydrogens (tertiary/aromatic N) is 2. The average molecular weight is 365 g/mol. The number of rotatable bonds is 5. The maximum absolute atomic E-state index is 12.9. The van der Waals surface area contributed by atoms with Crippen molar-refractivity contribution in [2.45, 2.75) is 6.92 Å². The number of methoxy groups -OCH3 is 2. The molecule has 138 valence electrons. The molecule has 7 heteroatoms. The van der Waals surface area contributed by atoms with Gasteiger partial charge in [0.1, 0.15) is 11.5 Å². The van der Waals surface area contributed by atoms with Crippen LogP contribution in [0, 0.1) is 0 Å². The highest BCUT2D eigenvalue weighted by Gasteiger charge is 2.29. The number of carboxylic acids is 1. The molecule has 0 saturated heterocycles. The zero-order valence-electron chi connectivity index (χ0n) is 15.1. The fourth-order valence-corrected chi connectivity index (χ4v) is 2.73. The Labute approximate surface area is 156 Å². The molecule has 27 heavy (non-hydrogen) atoms. The zero-order valence-corrected chi connectivity index (χ0v) is 15.1. The Balaban J connectivity index is 2.00. The first-order valence-corrected chi connectivity index (χ1v) is 8.09. The molecule has 0 aliphatic carbocycles. The molecule has 0 atom stereocenters. The molecule has 3 rings (SSSR count). The van der Waals surface area contributed by atoms with Gasteiger partial charge in [-0.25, -0.2) is 0 Å². The third-order valence-corrected chi connectivity index (χ3v) is 4.13. The van der Waals surface area contributed by atoms with Crippen molar-refractivity contribution in [1.29, 1.82) is 0 Å². The number of ether oxygens (including phenoxy) is 2. The largest absolute Gasteiger partial charge is 0.545 e. The predicted molar refractivity (Wildman–Crippen MR) is 98.9 cm³/mol. The summed E-state index contributed by atoms with van der Waals surface area (Å²) in [4.78, 5) is 23.9. The van der Waals surface area contributed by atoms with Crippen molar-refractivity contribution < 1.29 is 24.2 Å². The molecule has 0 spiro atoms. The lowest BCUT2D eigenvalue weighted by atomic mass is 10.1. The van der Waals surface area contributed by atoms with Gasteiger partial charge in [0.2, 0.25) is 0 Å². The molecule has 1 aliphatic rings. The minimum Gasteiger partial charge on any atom is -0.545 e. The number of hydrogen-bond donors (Lipinski definition) is 0. The quantitative estimate of drug-likeness (QED) is 0.755. The van der Waals surface area contributed by atoms with Crippen molar-refractivity contribution >= 4 is 29.4 Å². The summed E-state index contributed by atoms with van der Waals surface area (Å²) in [6, 6.07) is 11.1. The Morgan fingerprint density at radius 3 is 2.59 bits per heavy atom. The third kappa shape index (κ3) is 3.52. The van der Waals surface area contributed by atoms with Crippen LogP contribution in [0.25, 0.3) is 6.08 Å². The number of amides is 1. The van der Waals surface area contributed by atoms with E-state index in [0.717, 1.165) is 0 Å². The molecular weight excluding hydrogens is 348 g/mol. The second kappa shape index (κ2) is 7.33. The smallest absolute Gasteiger partial charge is 0.280 e. The molecule has 7 nitrogen and oxygen atoms in total. The Hall–Kier alpha value is -3.61. The van der Waals surface area contributed by atoms with E-state index in [0.29, 0.717) is 34.0 Å². The number of aromatic carboxylic acids is 1. The van der Waals surface area contributed by atoms with Crippen LogP contribution in [-0.2, 0) is 4.79 Å². The fourth-order valence-electron chi connectivity index (χ4n) is 2.73. The summed E-state index contributed by atoms with van der Waals surface area (Å²) in [6.07, 6.45) is 1.67. The van der Waals surface area contributed by atoms with Crippen molar-refractivity contribution in [3.05, 3.63) is 59.2 Å². The van der Waals surface area contributed by atoms with Gasteiger partial charge < -0.3 is 19.4 Å². The molecule has 1 heterocycles. The van der Waals surface area contributed by atoms with Crippen molar-refractivity contribution in [2.75, 3.05) is 19.2 Å². The third-order valence-electron chi connectivity index (χ3n) is 4.13. The Bertz CT molecular complexity index is 978. The van der Waals surface area contributed by atoms with Crippen LogP contribution < -0.4 is 19.6 Å². The van der Waals surface area contributed by atoms with Crippen LogP contribution in [0.5, 0.6) is 11.5 Å². The molecule has 0 saturated carbocycles. The second-order valence-corrected chi connectivity index (χ2v) is 5.81. The highest BCUT2D eigenvalue weighted by Crippen LogP contribution is 2.30. The molecule has 0 bridgehead atoms. The Morgan fingerprint density at radius 2 is 1.93 bits per heavy atom. The summed E-state index contributed by atoms with van der Waals surface area (Å²) in [6.45, 7) is 1.71. The van der Waals surface area contributed by atoms with Gasteiger partial charge in [0.15, 0.2) is 0 Å². The molecule has 0 N–H and O–H groups in total. The monoisotopic (exact) mass is 365 g/mol. The number of anilines is 1.